The van der Waals surface area contributed by atoms with Gasteiger partial charge in [0.15, 0.2) is 5.96 Å². The number of ether oxygens (including phenoxy) is 1. The Kier molecular flexibility index (Phi) is 9.35. The topological polar surface area (TPSA) is 45.7 Å². The highest BCUT2D eigenvalue weighted by Crippen LogP contribution is 2.23. The first kappa shape index (κ1) is 19.7. The number of nitrogens with zero attached hydrogens (tertiary/aromatic N) is 1. The second-order valence-electron chi connectivity index (χ2n) is 4.94. The Labute approximate surface area is 158 Å². The second-order valence-corrected chi connectivity index (χ2v) is 6.53. The molecule has 0 amide bonds. The van der Waals surface area contributed by atoms with Crippen molar-refractivity contribution in [3.8, 4) is 5.75 Å². The third-order valence-corrected chi connectivity index (χ3v) is 4.87. The molecular formula is C15H23ClIN3OS. The van der Waals surface area contributed by atoms with Crippen LogP contribution in [0.1, 0.15) is 18.4 Å². The van der Waals surface area contributed by atoms with Crippen LogP contribution in [0, 0.1) is 0 Å². The van der Waals surface area contributed by atoms with Gasteiger partial charge in [0.25, 0.3) is 0 Å². The maximum absolute atomic E-state index is 5.98. The van der Waals surface area contributed by atoms with Gasteiger partial charge in [-0.25, -0.2) is 0 Å². The van der Waals surface area contributed by atoms with E-state index in [4.69, 9.17) is 16.3 Å². The molecule has 2 N–H and O–H groups in total. The highest BCUT2D eigenvalue weighted by molar-refractivity contribution is 14.0. The lowest BCUT2D eigenvalue weighted by Crippen LogP contribution is -2.45. The van der Waals surface area contributed by atoms with Gasteiger partial charge in [-0.05, 0) is 30.7 Å². The Bertz CT molecular complexity index is 496. The maximum Gasteiger partial charge on any atom is 0.191 e. The van der Waals surface area contributed by atoms with Crippen LogP contribution in [-0.2, 0) is 6.54 Å². The van der Waals surface area contributed by atoms with Gasteiger partial charge in [0, 0.05) is 36.0 Å². The van der Waals surface area contributed by atoms with Gasteiger partial charge in [-0.15, -0.1) is 24.0 Å². The van der Waals surface area contributed by atoms with E-state index in [2.05, 4.69) is 15.6 Å². The molecule has 1 aromatic rings. The van der Waals surface area contributed by atoms with Crippen molar-refractivity contribution >= 4 is 53.3 Å². The van der Waals surface area contributed by atoms with Crippen molar-refractivity contribution < 1.29 is 4.74 Å². The molecule has 1 aliphatic heterocycles. The standard InChI is InChI=1S/C15H22ClN3OS.HI/c1-17-15(19-13-4-3-7-21-10-13)18-9-11-5-6-12(16)8-14(11)20-2;/h5-6,8,13H,3-4,7,9-10H2,1-2H3,(H2,17,18,19);1H. The summed E-state index contributed by atoms with van der Waals surface area (Å²) in [6.45, 7) is 0.653. The first-order valence-electron chi connectivity index (χ1n) is 7.10. The first-order chi connectivity index (χ1) is 10.2. The minimum absolute atomic E-state index is 0. The maximum atomic E-state index is 5.98. The number of guanidine groups is 1. The summed E-state index contributed by atoms with van der Waals surface area (Å²) in [5.74, 6) is 4.04. The van der Waals surface area contributed by atoms with E-state index in [1.165, 1.54) is 18.6 Å². The smallest absolute Gasteiger partial charge is 0.191 e. The van der Waals surface area contributed by atoms with Crippen molar-refractivity contribution in [2.45, 2.75) is 25.4 Å². The van der Waals surface area contributed by atoms with Crippen LogP contribution in [0.4, 0.5) is 0 Å². The number of hydrogen-bond donors (Lipinski definition) is 2. The fourth-order valence-electron chi connectivity index (χ4n) is 2.29. The van der Waals surface area contributed by atoms with Crippen LogP contribution in [0.2, 0.25) is 5.02 Å². The Balaban J connectivity index is 0.00000242. The SMILES string of the molecule is CN=C(NCc1ccc(Cl)cc1OC)NC1CCCSC1.I. The number of nitrogens with one attached hydrogen (secondary N) is 2. The quantitative estimate of drug-likeness (QED) is 0.414. The predicted molar refractivity (Wildman–Crippen MR) is 107 cm³/mol. The molecule has 1 heterocycles. The summed E-state index contributed by atoms with van der Waals surface area (Å²) in [5, 5.41) is 7.49. The van der Waals surface area contributed by atoms with Crippen molar-refractivity contribution in [3.63, 3.8) is 0 Å². The summed E-state index contributed by atoms with van der Waals surface area (Å²) in [5.41, 5.74) is 1.06. The molecular weight excluding hydrogens is 433 g/mol. The first-order valence-corrected chi connectivity index (χ1v) is 8.63. The van der Waals surface area contributed by atoms with Crippen molar-refractivity contribution in [1.82, 2.24) is 10.6 Å². The van der Waals surface area contributed by atoms with Gasteiger partial charge in [0.05, 0.1) is 7.11 Å². The second kappa shape index (κ2) is 10.4. The zero-order valence-electron chi connectivity index (χ0n) is 12.9. The van der Waals surface area contributed by atoms with E-state index in [1.54, 1.807) is 14.2 Å². The average molecular weight is 456 g/mol. The molecule has 1 aliphatic rings. The molecule has 1 fully saturated rings. The van der Waals surface area contributed by atoms with Gasteiger partial charge in [-0.2, -0.15) is 11.8 Å². The summed E-state index contributed by atoms with van der Waals surface area (Å²) >= 11 is 7.97. The Hall–Kier alpha value is -0.340. The summed E-state index contributed by atoms with van der Waals surface area (Å²) in [4.78, 5) is 4.29. The number of benzene rings is 1. The number of thioether (sulfide) groups is 1. The molecule has 1 aromatic carbocycles. The largest absolute Gasteiger partial charge is 0.496 e. The highest BCUT2D eigenvalue weighted by Gasteiger charge is 2.15. The molecule has 0 saturated carbocycles. The van der Waals surface area contributed by atoms with E-state index in [9.17, 15) is 0 Å². The molecule has 2 rings (SSSR count). The minimum Gasteiger partial charge on any atom is -0.496 e. The molecule has 0 radical (unpaired) electrons. The lowest BCUT2D eigenvalue weighted by molar-refractivity contribution is 0.409. The van der Waals surface area contributed by atoms with Crippen LogP contribution in [0.5, 0.6) is 5.75 Å². The molecule has 124 valence electrons. The number of halogens is 2. The Morgan fingerprint density at radius 1 is 1.50 bits per heavy atom. The fraction of sp³-hybridized carbons (Fsp3) is 0.533. The van der Waals surface area contributed by atoms with Gasteiger partial charge < -0.3 is 15.4 Å². The predicted octanol–water partition coefficient (Wildman–Crippen LogP) is 3.53. The lowest BCUT2D eigenvalue weighted by Gasteiger charge is -2.24. The number of hydrogen-bond acceptors (Lipinski definition) is 3. The highest BCUT2D eigenvalue weighted by atomic mass is 127. The normalized spacial score (nSPS) is 18.3. The molecule has 22 heavy (non-hydrogen) atoms. The average Bonchev–Trinajstić information content (AvgIpc) is 2.53. The van der Waals surface area contributed by atoms with Crippen LogP contribution in [-0.4, -0.2) is 37.7 Å². The number of aliphatic imine (C=N–C) groups is 1. The van der Waals surface area contributed by atoms with E-state index in [0.29, 0.717) is 17.6 Å². The summed E-state index contributed by atoms with van der Waals surface area (Å²) in [7, 11) is 3.45. The molecule has 1 atom stereocenters. The van der Waals surface area contributed by atoms with E-state index < -0.39 is 0 Å². The molecule has 1 unspecified atom stereocenters. The number of methoxy groups -OCH3 is 1. The monoisotopic (exact) mass is 455 g/mol. The Morgan fingerprint density at radius 3 is 2.95 bits per heavy atom. The summed E-state index contributed by atoms with van der Waals surface area (Å²) in [6, 6.07) is 6.17. The minimum atomic E-state index is 0. The van der Waals surface area contributed by atoms with E-state index >= 15 is 0 Å². The molecule has 0 aliphatic carbocycles. The summed E-state index contributed by atoms with van der Waals surface area (Å²) < 4.78 is 5.35. The van der Waals surface area contributed by atoms with Crippen molar-refractivity contribution in [3.05, 3.63) is 28.8 Å². The van der Waals surface area contributed by atoms with E-state index in [1.807, 2.05) is 30.0 Å². The van der Waals surface area contributed by atoms with Gasteiger partial charge in [-0.3, -0.25) is 4.99 Å². The van der Waals surface area contributed by atoms with Crippen LogP contribution in [0.3, 0.4) is 0 Å². The van der Waals surface area contributed by atoms with Crippen molar-refractivity contribution in [2.24, 2.45) is 4.99 Å². The van der Waals surface area contributed by atoms with Gasteiger partial charge in [0.1, 0.15) is 5.75 Å². The molecule has 4 nitrogen and oxygen atoms in total. The third-order valence-electron chi connectivity index (χ3n) is 3.42. The molecule has 0 aromatic heterocycles. The lowest BCUT2D eigenvalue weighted by atomic mass is 10.2. The van der Waals surface area contributed by atoms with Crippen LogP contribution in [0.25, 0.3) is 0 Å². The fourth-order valence-corrected chi connectivity index (χ4v) is 3.52. The molecule has 0 spiro atoms. The van der Waals surface area contributed by atoms with Gasteiger partial charge >= 0.3 is 0 Å². The van der Waals surface area contributed by atoms with Crippen LogP contribution >= 0.6 is 47.3 Å². The van der Waals surface area contributed by atoms with Crippen LogP contribution < -0.4 is 15.4 Å². The van der Waals surface area contributed by atoms with E-state index in [-0.39, 0.29) is 24.0 Å². The Morgan fingerprint density at radius 2 is 2.32 bits per heavy atom. The van der Waals surface area contributed by atoms with E-state index in [0.717, 1.165) is 23.0 Å². The summed E-state index contributed by atoms with van der Waals surface area (Å²) in [6.07, 6.45) is 2.47. The zero-order valence-corrected chi connectivity index (χ0v) is 16.8. The van der Waals surface area contributed by atoms with Crippen LogP contribution in [0.15, 0.2) is 23.2 Å². The van der Waals surface area contributed by atoms with Gasteiger partial charge in [-0.1, -0.05) is 17.7 Å². The van der Waals surface area contributed by atoms with Gasteiger partial charge in [0.2, 0.25) is 0 Å². The molecule has 0 bridgehead atoms. The molecule has 1 saturated heterocycles. The van der Waals surface area contributed by atoms with Crippen molar-refractivity contribution in [1.29, 1.82) is 0 Å². The van der Waals surface area contributed by atoms with Crippen molar-refractivity contribution in [2.75, 3.05) is 25.7 Å². The number of rotatable bonds is 4. The third kappa shape index (κ3) is 6.04. The molecule has 7 heteroatoms. The zero-order chi connectivity index (χ0) is 15.1.